The third-order valence-electron chi connectivity index (χ3n) is 6.41. The number of benzene rings is 1. The zero-order chi connectivity index (χ0) is 19.8. The maximum absolute atomic E-state index is 12.6. The topological polar surface area (TPSA) is 75.2 Å². The van der Waals surface area contributed by atoms with Gasteiger partial charge in [-0.1, -0.05) is 18.2 Å². The maximum Gasteiger partial charge on any atom is 0.268 e. The number of nitrogens with zero attached hydrogens (tertiary/aromatic N) is 3. The Balaban J connectivity index is 1.10. The number of hydrogen-bond acceptors (Lipinski definition) is 4. The summed E-state index contributed by atoms with van der Waals surface area (Å²) in [6.45, 7) is 3.56. The van der Waals surface area contributed by atoms with E-state index in [0.717, 1.165) is 55.5 Å². The third-order valence-corrected chi connectivity index (χ3v) is 6.41. The van der Waals surface area contributed by atoms with Crippen molar-refractivity contribution in [2.45, 2.75) is 37.5 Å². The monoisotopic (exact) mass is 393 g/mol. The van der Waals surface area contributed by atoms with Crippen LogP contribution >= 0.6 is 0 Å². The molecule has 1 amide bonds. The van der Waals surface area contributed by atoms with Gasteiger partial charge in [-0.15, -0.1) is 0 Å². The second kappa shape index (κ2) is 7.31. The maximum atomic E-state index is 12.6. The second-order valence-corrected chi connectivity index (χ2v) is 8.34. The molecule has 0 unspecified atom stereocenters. The molecule has 2 saturated heterocycles. The molecule has 2 fully saturated rings. The molecule has 1 atom stereocenters. The smallest absolute Gasteiger partial charge is 0.268 e. The lowest BCUT2D eigenvalue weighted by molar-refractivity contribution is -0.222. The van der Waals surface area contributed by atoms with Crippen LogP contribution in [-0.4, -0.2) is 56.9 Å². The van der Waals surface area contributed by atoms with Gasteiger partial charge in [0.15, 0.2) is 0 Å². The van der Waals surface area contributed by atoms with E-state index >= 15 is 0 Å². The first-order valence-electron chi connectivity index (χ1n) is 10.3. The molecule has 2 N–H and O–H groups in total. The molecular formula is C22H27N5O2. The molecule has 7 nitrogen and oxygen atoms in total. The first kappa shape index (κ1) is 18.4. The van der Waals surface area contributed by atoms with E-state index in [0.29, 0.717) is 12.2 Å². The molecule has 1 spiro atoms. The summed E-state index contributed by atoms with van der Waals surface area (Å²) in [6.07, 6.45) is 5.05. The summed E-state index contributed by atoms with van der Waals surface area (Å²) in [6, 6.07) is 12.0. The third kappa shape index (κ3) is 3.56. The van der Waals surface area contributed by atoms with Gasteiger partial charge >= 0.3 is 0 Å². The van der Waals surface area contributed by atoms with Crippen LogP contribution < -0.4 is 5.32 Å². The fourth-order valence-corrected chi connectivity index (χ4v) is 4.73. The first-order valence-corrected chi connectivity index (χ1v) is 10.3. The molecule has 5 rings (SSSR count). The number of aryl methyl sites for hydroxylation is 1. The van der Waals surface area contributed by atoms with Gasteiger partial charge in [0.25, 0.3) is 5.91 Å². The number of nitrogens with one attached hydrogen (secondary N) is 2. The van der Waals surface area contributed by atoms with Crippen molar-refractivity contribution < 1.29 is 9.53 Å². The Labute approximate surface area is 170 Å². The highest BCUT2D eigenvalue weighted by Gasteiger charge is 2.47. The molecule has 0 bridgehead atoms. The van der Waals surface area contributed by atoms with Crippen LogP contribution in [0.5, 0.6) is 0 Å². The van der Waals surface area contributed by atoms with Crippen LogP contribution in [0.2, 0.25) is 0 Å². The summed E-state index contributed by atoms with van der Waals surface area (Å²) in [4.78, 5) is 15.1. The van der Waals surface area contributed by atoms with E-state index in [1.54, 1.807) is 6.20 Å². The fraction of sp³-hybridized carbons (Fsp3) is 0.455. The van der Waals surface area contributed by atoms with Gasteiger partial charge in [-0.3, -0.25) is 14.8 Å². The lowest BCUT2D eigenvalue weighted by Crippen LogP contribution is -2.59. The van der Waals surface area contributed by atoms with Crippen LogP contribution in [-0.2, 0) is 18.3 Å². The van der Waals surface area contributed by atoms with Crippen LogP contribution in [0.3, 0.4) is 0 Å². The summed E-state index contributed by atoms with van der Waals surface area (Å²) in [5, 5.41) is 11.2. The predicted octanol–water partition coefficient (Wildman–Crippen LogP) is 2.45. The Morgan fingerprint density at radius 1 is 1.31 bits per heavy atom. The van der Waals surface area contributed by atoms with Gasteiger partial charge in [0.05, 0.1) is 11.7 Å². The van der Waals surface area contributed by atoms with Crippen molar-refractivity contribution in [1.29, 1.82) is 0 Å². The summed E-state index contributed by atoms with van der Waals surface area (Å²) in [5.41, 5.74) is 2.93. The van der Waals surface area contributed by atoms with Gasteiger partial charge in [0.2, 0.25) is 0 Å². The van der Waals surface area contributed by atoms with Gasteiger partial charge in [0.1, 0.15) is 5.69 Å². The quantitative estimate of drug-likeness (QED) is 0.698. The van der Waals surface area contributed by atoms with E-state index in [4.69, 9.17) is 4.74 Å². The average Bonchev–Trinajstić information content (AvgIpc) is 3.34. The number of para-hydroxylation sites is 1. The molecule has 3 aromatic rings. The number of rotatable bonds is 5. The molecule has 2 aliphatic rings. The molecule has 7 heteroatoms. The van der Waals surface area contributed by atoms with Crippen LogP contribution in [0.25, 0.3) is 10.9 Å². The van der Waals surface area contributed by atoms with Crippen molar-refractivity contribution in [2.24, 2.45) is 7.05 Å². The molecule has 0 saturated carbocycles. The molecule has 2 aromatic heterocycles. The molecule has 152 valence electrons. The minimum atomic E-state index is -0.0392. The number of likely N-dealkylation sites (tertiary alicyclic amines) is 1. The number of H-pyrrole nitrogens is 1. The Hall–Kier alpha value is -2.64. The Kier molecular flexibility index (Phi) is 4.64. The van der Waals surface area contributed by atoms with Crippen LogP contribution in [0.1, 0.15) is 35.4 Å². The van der Waals surface area contributed by atoms with Gasteiger partial charge < -0.3 is 14.6 Å². The lowest BCUT2D eigenvalue weighted by Gasteiger charge is -2.52. The summed E-state index contributed by atoms with van der Waals surface area (Å²) in [7, 11) is 1.93. The van der Waals surface area contributed by atoms with Crippen molar-refractivity contribution in [3.8, 4) is 0 Å². The SMILES string of the molecule is Cn1c(C(=O)NC[C@H]2CC3(CCN(Cc4ccn[nH]4)CC3)O2)cc2ccccc21. The largest absolute Gasteiger partial charge is 0.370 e. The number of hydrogen-bond donors (Lipinski definition) is 2. The number of aromatic amines is 1. The Morgan fingerprint density at radius 2 is 2.10 bits per heavy atom. The molecular weight excluding hydrogens is 366 g/mol. The summed E-state index contributed by atoms with van der Waals surface area (Å²) in [5.74, 6) is -0.0392. The summed E-state index contributed by atoms with van der Waals surface area (Å²) < 4.78 is 8.21. The normalized spacial score (nSPS) is 21.3. The number of fused-ring (bicyclic) bond motifs is 1. The number of ether oxygens (including phenoxy) is 1. The Bertz CT molecular complexity index is 994. The van der Waals surface area contributed by atoms with Gasteiger partial charge in [-0.25, -0.2) is 0 Å². The van der Waals surface area contributed by atoms with E-state index in [-0.39, 0.29) is 17.6 Å². The summed E-state index contributed by atoms with van der Waals surface area (Å²) >= 11 is 0. The first-order chi connectivity index (χ1) is 14.1. The highest BCUT2D eigenvalue weighted by molar-refractivity contribution is 5.98. The number of aromatic nitrogens is 3. The number of amides is 1. The standard InChI is InChI=1S/C22H27N5O2/c1-26-19-5-3-2-4-16(19)12-20(26)21(28)23-14-18-13-22(29-18)7-10-27(11-8-22)15-17-6-9-24-25-17/h2-6,9,12,18H,7-8,10-11,13-15H2,1H3,(H,23,28)(H,24,25)/t18-/m1/s1. The van der Waals surface area contributed by atoms with Crippen molar-refractivity contribution in [3.05, 3.63) is 54.0 Å². The van der Waals surface area contributed by atoms with E-state index in [1.807, 2.05) is 48.0 Å². The van der Waals surface area contributed by atoms with E-state index in [1.165, 1.54) is 0 Å². The highest BCUT2D eigenvalue weighted by Crippen LogP contribution is 2.41. The second-order valence-electron chi connectivity index (χ2n) is 8.34. The number of carbonyl (C=O) groups is 1. The Morgan fingerprint density at radius 3 is 2.83 bits per heavy atom. The zero-order valence-electron chi connectivity index (χ0n) is 16.7. The highest BCUT2D eigenvalue weighted by atomic mass is 16.5. The molecule has 29 heavy (non-hydrogen) atoms. The van der Waals surface area contributed by atoms with Crippen LogP contribution in [0.4, 0.5) is 0 Å². The molecule has 4 heterocycles. The van der Waals surface area contributed by atoms with E-state index in [9.17, 15) is 4.79 Å². The number of piperidine rings is 1. The average molecular weight is 393 g/mol. The van der Waals surface area contributed by atoms with Gasteiger partial charge in [0, 0.05) is 62.4 Å². The van der Waals surface area contributed by atoms with E-state index < -0.39 is 0 Å². The molecule has 0 aliphatic carbocycles. The van der Waals surface area contributed by atoms with Crippen molar-refractivity contribution in [3.63, 3.8) is 0 Å². The minimum Gasteiger partial charge on any atom is -0.370 e. The minimum absolute atomic E-state index is 0.0134. The van der Waals surface area contributed by atoms with Crippen LogP contribution in [0.15, 0.2) is 42.6 Å². The van der Waals surface area contributed by atoms with E-state index in [2.05, 4.69) is 20.4 Å². The van der Waals surface area contributed by atoms with Crippen molar-refractivity contribution in [1.82, 2.24) is 25.0 Å². The van der Waals surface area contributed by atoms with Crippen molar-refractivity contribution in [2.75, 3.05) is 19.6 Å². The van der Waals surface area contributed by atoms with Crippen LogP contribution in [0, 0.1) is 0 Å². The molecule has 0 radical (unpaired) electrons. The molecule has 1 aromatic carbocycles. The lowest BCUT2D eigenvalue weighted by atomic mass is 9.80. The van der Waals surface area contributed by atoms with Gasteiger partial charge in [-0.2, -0.15) is 5.10 Å². The number of carbonyl (C=O) groups excluding carboxylic acids is 1. The van der Waals surface area contributed by atoms with Gasteiger partial charge in [-0.05, 0) is 31.0 Å². The molecule has 2 aliphatic heterocycles. The predicted molar refractivity (Wildman–Crippen MR) is 111 cm³/mol. The zero-order valence-corrected chi connectivity index (χ0v) is 16.7. The fourth-order valence-electron chi connectivity index (χ4n) is 4.73. The van der Waals surface area contributed by atoms with Crippen molar-refractivity contribution >= 4 is 16.8 Å².